The fraction of sp³-hybridized carbons (Fsp3) is 0.536. The highest BCUT2D eigenvalue weighted by Gasteiger charge is 2.06. The molecule has 0 radical (unpaired) electrons. The van der Waals surface area contributed by atoms with Gasteiger partial charge in [0, 0.05) is 18.8 Å². The summed E-state index contributed by atoms with van der Waals surface area (Å²) in [4.78, 5) is 20.7. The van der Waals surface area contributed by atoms with Crippen LogP contribution in [0, 0.1) is 0 Å². The van der Waals surface area contributed by atoms with Crippen molar-refractivity contribution in [2.75, 3.05) is 13.2 Å². The standard InChI is InChI=1S/C28H40N2O3/c1-3-5-6-7-8-9-12-15-27(31)33-26-22-29-28(30-23-26)25-18-16-24(17-19-25)14-11-10-13-21-32-20-4-2/h9,12,16-19,22-23H,3-8,10-11,13-15,20-21H2,1-2H3/b12-9-. The van der Waals surface area contributed by atoms with Gasteiger partial charge in [-0.3, -0.25) is 4.79 Å². The molecule has 0 aliphatic rings. The van der Waals surface area contributed by atoms with Crippen LogP contribution >= 0.6 is 0 Å². The highest BCUT2D eigenvalue weighted by molar-refractivity contribution is 5.73. The van der Waals surface area contributed by atoms with Gasteiger partial charge >= 0.3 is 5.97 Å². The maximum Gasteiger partial charge on any atom is 0.315 e. The molecular formula is C28H40N2O3. The van der Waals surface area contributed by atoms with E-state index in [1.807, 2.05) is 18.2 Å². The van der Waals surface area contributed by atoms with Crippen molar-refractivity contribution < 1.29 is 14.3 Å². The number of carbonyl (C=O) groups is 1. The molecule has 5 heteroatoms. The van der Waals surface area contributed by atoms with Crippen molar-refractivity contribution in [3.63, 3.8) is 0 Å². The van der Waals surface area contributed by atoms with Crippen molar-refractivity contribution >= 4 is 5.97 Å². The van der Waals surface area contributed by atoms with Crippen LogP contribution in [0.3, 0.4) is 0 Å². The quantitative estimate of drug-likeness (QED) is 0.145. The normalized spacial score (nSPS) is 11.2. The molecule has 1 aromatic heterocycles. The largest absolute Gasteiger partial charge is 0.423 e. The van der Waals surface area contributed by atoms with Crippen molar-refractivity contribution in [1.82, 2.24) is 9.97 Å². The third-order valence-electron chi connectivity index (χ3n) is 5.35. The second-order valence-electron chi connectivity index (χ2n) is 8.36. The van der Waals surface area contributed by atoms with Gasteiger partial charge in [0.2, 0.25) is 0 Å². The number of hydrogen-bond acceptors (Lipinski definition) is 5. The molecule has 0 N–H and O–H groups in total. The zero-order valence-electron chi connectivity index (χ0n) is 20.4. The van der Waals surface area contributed by atoms with Crippen molar-refractivity contribution in [3.05, 3.63) is 54.4 Å². The monoisotopic (exact) mass is 452 g/mol. The molecule has 33 heavy (non-hydrogen) atoms. The van der Waals surface area contributed by atoms with E-state index >= 15 is 0 Å². The average molecular weight is 453 g/mol. The van der Waals surface area contributed by atoms with Gasteiger partial charge in [0.25, 0.3) is 0 Å². The Morgan fingerprint density at radius 3 is 2.33 bits per heavy atom. The van der Waals surface area contributed by atoms with E-state index in [0.29, 0.717) is 11.6 Å². The summed E-state index contributed by atoms with van der Waals surface area (Å²) in [6.07, 6.45) is 18.9. The summed E-state index contributed by atoms with van der Waals surface area (Å²) in [7, 11) is 0. The smallest absolute Gasteiger partial charge is 0.315 e. The summed E-state index contributed by atoms with van der Waals surface area (Å²) in [5.41, 5.74) is 2.27. The summed E-state index contributed by atoms with van der Waals surface area (Å²) >= 11 is 0. The molecule has 0 aliphatic heterocycles. The molecular weight excluding hydrogens is 412 g/mol. The maximum absolute atomic E-state index is 12.0. The molecule has 5 nitrogen and oxygen atoms in total. The summed E-state index contributed by atoms with van der Waals surface area (Å²) in [5.74, 6) is 0.707. The number of nitrogens with zero attached hydrogens (tertiary/aromatic N) is 2. The van der Waals surface area contributed by atoms with Crippen molar-refractivity contribution in [2.24, 2.45) is 0 Å². The SMILES string of the molecule is CCCCCC/C=C\CC(=O)Oc1cnc(-c2ccc(CCCCCOCCC)cc2)nc1. The number of allylic oxidation sites excluding steroid dienone is 1. The van der Waals surface area contributed by atoms with Crippen LogP contribution in [-0.4, -0.2) is 29.2 Å². The average Bonchev–Trinajstić information content (AvgIpc) is 2.84. The predicted molar refractivity (Wildman–Crippen MR) is 134 cm³/mol. The number of benzene rings is 1. The minimum Gasteiger partial charge on any atom is -0.423 e. The first-order valence-corrected chi connectivity index (χ1v) is 12.6. The number of carbonyl (C=O) groups excluding carboxylic acids is 1. The van der Waals surface area contributed by atoms with Gasteiger partial charge in [-0.1, -0.05) is 75.9 Å². The van der Waals surface area contributed by atoms with E-state index in [-0.39, 0.29) is 12.4 Å². The number of aryl methyl sites for hydroxylation is 1. The molecule has 0 amide bonds. The van der Waals surface area contributed by atoms with Crippen LogP contribution in [0.25, 0.3) is 11.4 Å². The minimum absolute atomic E-state index is 0.267. The van der Waals surface area contributed by atoms with E-state index in [4.69, 9.17) is 9.47 Å². The van der Waals surface area contributed by atoms with Gasteiger partial charge in [0.05, 0.1) is 18.8 Å². The highest BCUT2D eigenvalue weighted by atomic mass is 16.5. The Morgan fingerprint density at radius 2 is 1.61 bits per heavy atom. The highest BCUT2D eigenvalue weighted by Crippen LogP contribution is 2.18. The molecule has 1 heterocycles. The van der Waals surface area contributed by atoms with Crippen LogP contribution in [0.15, 0.2) is 48.8 Å². The van der Waals surface area contributed by atoms with Gasteiger partial charge in [-0.2, -0.15) is 0 Å². The predicted octanol–water partition coefficient (Wildman–Crippen LogP) is 7.11. The lowest BCUT2D eigenvalue weighted by Gasteiger charge is -2.06. The Hall–Kier alpha value is -2.53. The first-order valence-electron chi connectivity index (χ1n) is 12.6. The molecule has 180 valence electrons. The molecule has 0 spiro atoms. The van der Waals surface area contributed by atoms with E-state index in [1.54, 1.807) is 12.4 Å². The van der Waals surface area contributed by atoms with E-state index in [9.17, 15) is 4.79 Å². The fourth-order valence-electron chi connectivity index (χ4n) is 3.45. The number of unbranched alkanes of at least 4 members (excludes halogenated alkanes) is 6. The molecule has 0 atom stereocenters. The minimum atomic E-state index is -0.294. The van der Waals surface area contributed by atoms with E-state index in [0.717, 1.165) is 44.5 Å². The molecule has 0 aliphatic carbocycles. The van der Waals surface area contributed by atoms with Gasteiger partial charge in [0.15, 0.2) is 11.6 Å². The van der Waals surface area contributed by atoms with Gasteiger partial charge in [0.1, 0.15) is 0 Å². The third kappa shape index (κ3) is 11.8. The van der Waals surface area contributed by atoms with Gasteiger partial charge < -0.3 is 9.47 Å². The van der Waals surface area contributed by atoms with E-state index in [1.165, 1.54) is 44.1 Å². The number of esters is 1. The molecule has 0 fully saturated rings. The lowest BCUT2D eigenvalue weighted by molar-refractivity contribution is -0.133. The lowest BCUT2D eigenvalue weighted by Crippen LogP contribution is -2.07. The van der Waals surface area contributed by atoms with Crippen LogP contribution in [0.2, 0.25) is 0 Å². The van der Waals surface area contributed by atoms with Gasteiger partial charge in [-0.05, 0) is 44.1 Å². The Labute approximate surface area is 199 Å². The van der Waals surface area contributed by atoms with Crippen LogP contribution in [-0.2, 0) is 16.0 Å². The fourth-order valence-corrected chi connectivity index (χ4v) is 3.45. The number of hydrogen-bond donors (Lipinski definition) is 0. The van der Waals surface area contributed by atoms with Gasteiger partial charge in [-0.25, -0.2) is 9.97 Å². The van der Waals surface area contributed by atoms with Crippen LogP contribution in [0.4, 0.5) is 0 Å². The summed E-state index contributed by atoms with van der Waals surface area (Å²) in [6, 6.07) is 8.36. The molecule has 2 rings (SSSR count). The van der Waals surface area contributed by atoms with Crippen molar-refractivity contribution in [3.8, 4) is 17.1 Å². The van der Waals surface area contributed by atoms with Crippen LogP contribution in [0.1, 0.15) is 83.6 Å². The Bertz CT molecular complexity index is 801. The Kier molecular flexibility index (Phi) is 13.8. The third-order valence-corrected chi connectivity index (χ3v) is 5.35. The number of aromatic nitrogens is 2. The molecule has 0 unspecified atom stereocenters. The van der Waals surface area contributed by atoms with Crippen LogP contribution < -0.4 is 4.74 Å². The molecule has 2 aromatic rings. The van der Waals surface area contributed by atoms with Gasteiger partial charge in [-0.15, -0.1) is 0 Å². The summed E-state index contributed by atoms with van der Waals surface area (Å²) in [5, 5.41) is 0. The first-order chi connectivity index (χ1) is 16.2. The zero-order chi connectivity index (χ0) is 23.6. The zero-order valence-corrected chi connectivity index (χ0v) is 20.4. The van der Waals surface area contributed by atoms with Crippen molar-refractivity contribution in [1.29, 1.82) is 0 Å². The van der Waals surface area contributed by atoms with Crippen molar-refractivity contribution in [2.45, 2.75) is 84.5 Å². The maximum atomic E-state index is 12.0. The van der Waals surface area contributed by atoms with E-state index < -0.39 is 0 Å². The van der Waals surface area contributed by atoms with Crippen LogP contribution in [0.5, 0.6) is 5.75 Å². The molecule has 0 saturated heterocycles. The summed E-state index contributed by atoms with van der Waals surface area (Å²) in [6.45, 7) is 6.07. The second-order valence-corrected chi connectivity index (χ2v) is 8.36. The number of ether oxygens (including phenoxy) is 2. The summed E-state index contributed by atoms with van der Waals surface area (Å²) < 4.78 is 10.9. The Balaban J connectivity index is 1.70. The second kappa shape index (κ2) is 17.0. The topological polar surface area (TPSA) is 61.3 Å². The first kappa shape index (κ1) is 26.7. The molecule has 0 bridgehead atoms. The Morgan fingerprint density at radius 1 is 0.848 bits per heavy atom. The number of rotatable bonds is 17. The molecule has 1 aromatic carbocycles. The molecule has 0 saturated carbocycles. The lowest BCUT2D eigenvalue weighted by atomic mass is 10.0. The van der Waals surface area contributed by atoms with E-state index in [2.05, 4.69) is 42.0 Å².